The van der Waals surface area contributed by atoms with Crippen molar-refractivity contribution in [3.05, 3.63) is 35.4 Å². The molecule has 0 fully saturated rings. The second-order valence-corrected chi connectivity index (χ2v) is 4.72. The summed E-state index contributed by atoms with van der Waals surface area (Å²) >= 11 is 0. The molecule has 0 radical (unpaired) electrons. The molecule has 0 bridgehead atoms. The molecule has 1 aliphatic rings. The second kappa shape index (κ2) is 4.93. The average molecular weight is 261 g/mol. The quantitative estimate of drug-likeness (QED) is 0.816. The van der Waals surface area contributed by atoms with E-state index in [-0.39, 0.29) is 12.3 Å². The number of rotatable bonds is 4. The van der Waals surface area contributed by atoms with Crippen LogP contribution < -0.4 is 0 Å². The van der Waals surface area contributed by atoms with Gasteiger partial charge in [0, 0.05) is 6.54 Å². The third kappa shape index (κ3) is 2.29. The predicted molar refractivity (Wildman–Crippen MR) is 67.7 cm³/mol. The summed E-state index contributed by atoms with van der Waals surface area (Å²) in [6, 6.07) is 6.54. The molecule has 0 saturated heterocycles. The summed E-state index contributed by atoms with van der Waals surface area (Å²) in [6.45, 7) is 2.74. The van der Waals surface area contributed by atoms with Gasteiger partial charge in [-0.15, -0.1) is 0 Å². The number of hydrogen-bond donors (Lipinski definition) is 1. The summed E-state index contributed by atoms with van der Waals surface area (Å²) in [7, 11) is 0. The Hall–Kier alpha value is -2.01. The van der Waals surface area contributed by atoms with E-state index in [1.807, 2.05) is 0 Å². The van der Waals surface area contributed by atoms with Crippen LogP contribution in [0.5, 0.6) is 0 Å². The normalized spacial score (nSPS) is 17.3. The zero-order valence-electron chi connectivity index (χ0n) is 10.8. The van der Waals surface area contributed by atoms with Gasteiger partial charge in [0.15, 0.2) is 0 Å². The predicted octanol–water partition coefficient (Wildman–Crippen LogP) is 0.869. The van der Waals surface area contributed by atoms with Crippen LogP contribution in [-0.4, -0.2) is 40.3 Å². The van der Waals surface area contributed by atoms with Crippen LogP contribution >= 0.6 is 0 Å². The number of amides is 2. The average Bonchev–Trinajstić information content (AvgIpc) is 2.59. The lowest BCUT2D eigenvalue weighted by atomic mass is 9.99. The monoisotopic (exact) mass is 261 g/mol. The molecule has 0 aliphatic carbocycles. The van der Waals surface area contributed by atoms with Gasteiger partial charge >= 0.3 is 0 Å². The lowest BCUT2D eigenvalue weighted by Crippen LogP contribution is -2.40. The van der Waals surface area contributed by atoms with Gasteiger partial charge < -0.3 is 5.11 Å². The number of carbonyl (C=O) groups is 3. The molecule has 2 atom stereocenters. The number of aliphatic hydroxyl groups is 1. The van der Waals surface area contributed by atoms with Gasteiger partial charge in [-0.25, -0.2) is 0 Å². The zero-order valence-corrected chi connectivity index (χ0v) is 10.8. The van der Waals surface area contributed by atoms with Crippen molar-refractivity contribution in [3.8, 4) is 0 Å². The maximum absolute atomic E-state index is 12.1. The van der Waals surface area contributed by atoms with Crippen molar-refractivity contribution in [3.63, 3.8) is 0 Å². The van der Waals surface area contributed by atoms with E-state index in [0.717, 1.165) is 4.90 Å². The fourth-order valence-corrected chi connectivity index (χ4v) is 2.22. The van der Waals surface area contributed by atoms with Crippen molar-refractivity contribution in [2.45, 2.75) is 20.0 Å². The molecule has 0 aromatic heterocycles. The number of ketones is 1. The van der Waals surface area contributed by atoms with Gasteiger partial charge in [0.25, 0.3) is 11.8 Å². The summed E-state index contributed by atoms with van der Waals surface area (Å²) in [4.78, 5) is 36.7. The maximum atomic E-state index is 12.1. The molecule has 1 aromatic carbocycles. The minimum atomic E-state index is -0.901. The first-order valence-electron chi connectivity index (χ1n) is 6.07. The van der Waals surface area contributed by atoms with E-state index in [0.29, 0.717) is 11.1 Å². The molecule has 2 amide bonds. The van der Waals surface area contributed by atoms with Crippen LogP contribution in [0, 0.1) is 5.92 Å². The number of fused-ring (bicyclic) bond motifs is 1. The Labute approximate surface area is 110 Å². The van der Waals surface area contributed by atoms with Crippen LogP contribution in [0.1, 0.15) is 34.6 Å². The minimum absolute atomic E-state index is 0.0840. The summed E-state index contributed by atoms with van der Waals surface area (Å²) in [5.41, 5.74) is 0.695. The molecule has 5 heteroatoms. The lowest BCUT2D eigenvalue weighted by molar-refractivity contribution is -0.124. The highest BCUT2D eigenvalue weighted by Crippen LogP contribution is 2.24. The Kier molecular flexibility index (Phi) is 3.48. The van der Waals surface area contributed by atoms with Gasteiger partial charge in [-0.05, 0) is 26.0 Å². The molecule has 19 heavy (non-hydrogen) atoms. The van der Waals surface area contributed by atoms with Gasteiger partial charge in [-0.1, -0.05) is 12.1 Å². The summed E-state index contributed by atoms with van der Waals surface area (Å²) in [5.74, 6) is -1.81. The summed E-state index contributed by atoms with van der Waals surface area (Å²) < 4.78 is 0. The Balaban J connectivity index is 2.27. The van der Waals surface area contributed by atoms with Gasteiger partial charge in [0.2, 0.25) is 0 Å². The van der Waals surface area contributed by atoms with E-state index in [4.69, 9.17) is 0 Å². The van der Waals surface area contributed by atoms with Crippen LogP contribution in [-0.2, 0) is 4.79 Å². The molecular weight excluding hydrogens is 246 g/mol. The Bertz CT molecular complexity index is 515. The van der Waals surface area contributed by atoms with Crippen molar-refractivity contribution in [2.24, 2.45) is 5.92 Å². The third-order valence-corrected chi connectivity index (χ3v) is 3.36. The lowest BCUT2D eigenvalue weighted by Gasteiger charge is -2.22. The minimum Gasteiger partial charge on any atom is -0.393 e. The van der Waals surface area contributed by atoms with Gasteiger partial charge in [-0.2, -0.15) is 0 Å². The molecule has 100 valence electrons. The van der Waals surface area contributed by atoms with Crippen molar-refractivity contribution in [1.29, 1.82) is 0 Å². The Morgan fingerprint density at radius 2 is 1.68 bits per heavy atom. The summed E-state index contributed by atoms with van der Waals surface area (Å²) in [5, 5.41) is 9.56. The SMILES string of the molecule is CC(=O)[C@@H](CN1C(=O)c2ccccc2C1=O)[C@@H](C)O. The molecule has 0 unspecified atom stereocenters. The van der Waals surface area contributed by atoms with Gasteiger partial charge in [0.05, 0.1) is 23.1 Å². The van der Waals surface area contributed by atoms with Gasteiger partial charge in [-0.3, -0.25) is 19.3 Å². The fraction of sp³-hybridized carbons (Fsp3) is 0.357. The number of Topliss-reactive ketones (excluding diaryl/α,β-unsaturated/α-hetero) is 1. The van der Waals surface area contributed by atoms with E-state index in [2.05, 4.69) is 0 Å². The van der Waals surface area contributed by atoms with Crippen LogP contribution in [0.25, 0.3) is 0 Å². The molecule has 5 nitrogen and oxygen atoms in total. The van der Waals surface area contributed by atoms with E-state index in [1.165, 1.54) is 13.8 Å². The Morgan fingerprint density at radius 3 is 2.05 bits per heavy atom. The number of imide groups is 1. The van der Waals surface area contributed by atoms with Crippen molar-refractivity contribution in [2.75, 3.05) is 6.54 Å². The highest BCUT2D eigenvalue weighted by Gasteiger charge is 2.37. The standard InChI is InChI=1S/C14H15NO4/c1-8(16)12(9(2)17)7-15-13(18)10-5-3-4-6-11(10)14(15)19/h3-6,8,12,16H,7H2,1-2H3/t8-,12+/m1/s1. The molecule has 0 spiro atoms. The van der Waals surface area contributed by atoms with Crippen molar-refractivity contribution < 1.29 is 19.5 Å². The van der Waals surface area contributed by atoms with Crippen LogP contribution in [0.2, 0.25) is 0 Å². The first-order chi connectivity index (χ1) is 8.93. The first-order valence-corrected chi connectivity index (χ1v) is 6.07. The number of benzene rings is 1. The molecular formula is C14H15NO4. The highest BCUT2D eigenvalue weighted by atomic mass is 16.3. The second-order valence-electron chi connectivity index (χ2n) is 4.72. The molecule has 1 heterocycles. The molecule has 2 rings (SSSR count). The maximum Gasteiger partial charge on any atom is 0.261 e. The van der Waals surface area contributed by atoms with E-state index >= 15 is 0 Å². The van der Waals surface area contributed by atoms with Crippen LogP contribution in [0.15, 0.2) is 24.3 Å². The number of hydrogen-bond acceptors (Lipinski definition) is 4. The smallest absolute Gasteiger partial charge is 0.261 e. The third-order valence-electron chi connectivity index (χ3n) is 3.36. The van der Waals surface area contributed by atoms with Crippen LogP contribution in [0.4, 0.5) is 0 Å². The van der Waals surface area contributed by atoms with E-state index in [9.17, 15) is 19.5 Å². The largest absolute Gasteiger partial charge is 0.393 e. The molecule has 0 saturated carbocycles. The first kappa shape index (κ1) is 13.4. The molecule has 1 aliphatic heterocycles. The fourth-order valence-electron chi connectivity index (χ4n) is 2.22. The zero-order chi connectivity index (χ0) is 14.2. The van der Waals surface area contributed by atoms with Crippen molar-refractivity contribution >= 4 is 17.6 Å². The van der Waals surface area contributed by atoms with E-state index in [1.54, 1.807) is 24.3 Å². The van der Waals surface area contributed by atoms with Crippen molar-refractivity contribution in [1.82, 2.24) is 4.90 Å². The number of nitrogens with zero attached hydrogens (tertiary/aromatic N) is 1. The highest BCUT2D eigenvalue weighted by molar-refractivity contribution is 6.21. The topological polar surface area (TPSA) is 74.7 Å². The molecule has 1 N–H and O–H groups in total. The van der Waals surface area contributed by atoms with Gasteiger partial charge in [0.1, 0.15) is 5.78 Å². The number of aliphatic hydroxyl groups excluding tert-OH is 1. The Morgan fingerprint density at radius 1 is 1.21 bits per heavy atom. The number of carbonyl (C=O) groups excluding carboxylic acids is 3. The molecule has 1 aromatic rings. The van der Waals surface area contributed by atoms with Crippen LogP contribution in [0.3, 0.4) is 0 Å². The van der Waals surface area contributed by atoms with E-state index < -0.39 is 23.8 Å². The summed E-state index contributed by atoms with van der Waals surface area (Å²) in [6.07, 6.45) is -0.901.